The van der Waals surface area contributed by atoms with Gasteiger partial charge in [0.05, 0.1) is 5.56 Å². The third-order valence-corrected chi connectivity index (χ3v) is 3.45. The first-order valence-corrected chi connectivity index (χ1v) is 6.68. The highest BCUT2D eigenvalue weighted by atomic mass is 19.1. The molecule has 0 bridgehead atoms. The molecule has 0 aliphatic carbocycles. The smallest absolute Gasteiger partial charge is 0.153 e. The van der Waals surface area contributed by atoms with Gasteiger partial charge in [-0.1, -0.05) is 60.7 Å². The molecule has 21 heavy (non-hydrogen) atoms. The maximum absolute atomic E-state index is 13.3. The Bertz CT molecular complexity index is 761. The number of aldehydes is 1. The van der Waals surface area contributed by atoms with E-state index in [9.17, 15) is 9.18 Å². The molecule has 0 radical (unpaired) electrons. The Morgan fingerprint density at radius 2 is 1.19 bits per heavy atom. The zero-order valence-corrected chi connectivity index (χ0v) is 11.3. The molecule has 2 heteroatoms. The van der Waals surface area contributed by atoms with Crippen molar-refractivity contribution < 1.29 is 9.18 Å². The highest BCUT2D eigenvalue weighted by molar-refractivity contribution is 5.80. The summed E-state index contributed by atoms with van der Waals surface area (Å²) in [5.41, 5.74) is 4.14. The molecular formula is C19H13FO. The average Bonchev–Trinajstić information content (AvgIpc) is 2.56. The molecule has 0 amide bonds. The molecule has 0 heterocycles. The van der Waals surface area contributed by atoms with Crippen molar-refractivity contribution in [2.24, 2.45) is 0 Å². The minimum Gasteiger partial charge on any atom is -0.298 e. The molecular weight excluding hydrogens is 263 g/mol. The van der Waals surface area contributed by atoms with E-state index in [1.165, 1.54) is 6.07 Å². The van der Waals surface area contributed by atoms with Crippen LogP contribution < -0.4 is 0 Å². The number of hydrogen-bond donors (Lipinski definition) is 0. The van der Waals surface area contributed by atoms with Gasteiger partial charge in [-0.25, -0.2) is 4.39 Å². The SMILES string of the molecule is O=Cc1cc(-c2ccc(-c3ccccc3)cc2)ccc1F. The maximum atomic E-state index is 13.3. The molecule has 0 atom stereocenters. The van der Waals surface area contributed by atoms with Crippen molar-refractivity contribution >= 4 is 6.29 Å². The van der Waals surface area contributed by atoms with Crippen molar-refractivity contribution in [3.8, 4) is 22.3 Å². The summed E-state index contributed by atoms with van der Waals surface area (Å²) in [6.45, 7) is 0. The van der Waals surface area contributed by atoms with Crippen LogP contribution in [0.4, 0.5) is 4.39 Å². The van der Waals surface area contributed by atoms with Crippen molar-refractivity contribution in [2.45, 2.75) is 0 Å². The van der Waals surface area contributed by atoms with E-state index in [1.54, 1.807) is 12.1 Å². The van der Waals surface area contributed by atoms with Gasteiger partial charge in [0, 0.05) is 0 Å². The minimum absolute atomic E-state index is 0.0830. The molecule has 0 saturated heterocycles. The Kier molecular flexibility index (Phi) is 3.61. The van der Waals surface area contributed by atoms with E-state index in [1.807, 2.05) is 42.5 Å². The number of rotatable bonds is 3. The lowest BCUT2D eigenvalue weighted by atomic mass is 9.99. The van der Waals surface area contributed by atoms with E-state index in [0.29, 0.717) is 6.29 Å². The van der Waals surface area contributed by atoms with E-state index in [0.717, 1.165) is 22.3 Å². The maximum Gasteiger partial charge on any atom is 0.153 e. The normalized spacial score (nSPS) is 10.3. The molecule has 0 aliphatic rings. The summed E-state index contributed by atoms with van der Waals surface area (Å²) in [7, 11) is 0. The van der Waals surface area contributed by atoms with Gasteiger partial charge in [0.2, 0.25) is 0 Å². The number of hydrogen-bond acceptors (Lipinski definition) is 1. The van der Waals surface area contributed by atoms with Crippen LogP contribution in [0.2, 0.25) is 0 Å². The van der Waals surface area contributed by atoms with Crippen molar-refractivity contribution in [1.82, 2.24) is 0 Å². The zero-order valence-electron chi connectivity index (χ0n) is 11.3. The first-order chi connectivity index (χ1) is 10.3. The van der Waals surface area contributed by atoms with Gasteiger partial charge >= 0.3 is 0 Å². The predicted octanol–water partition coefficient (Wildman–Crippen LogP) is 4.97. The molecule has 0 unspecified atom stereocenters. The van der Waals surface area contributed by atoms with Crippen LogP contribution in [0.25, 0.3) is 22.3 Å². The van der Waals surface area contributed by atoms with Crippen LogP contribution in [0.3, 0.4) is 0 Å². The second kappa shape index (κ2) is 5.71. The number of carbonyl (C=O) groups is 1. The van der Waals surface area contributed by atoms with Gasteiger partial charge in [-0.05, 0) is 34.4 Å². The van der Waals surface area contributed by atoms with Crippen molar-refractivity contribution in [3.05, 3.63) is 84.2 Å². The molecule has 0 fully saturated rings. The molecule has 3 aromatic carbocycles. The fourth-order valence-electron chi connectivity index (χ4n) is 2.30. The molecule has 3 rings (SSSR count). The first kappa shape index (κ1) is 13.3. The van der Waals surface area contributed by atoms with Crippen LogP contribution in [0.15, 0.2) is 72.8 Å². The highest BCUT2D eigenvalue weighted by Gasteiger charge is 2.05. The Morgan fingerprint density at radius 3 is 1.81 bits per heavy atom. The number of halogens is 1. The third kappa shape index (κ3) is 2.75. The number of carbonyl (C=O) groups excluding carboxylic acids is 1. The molecule has 0 aromatic heterocycles. The van der Waals surface area contributed by atoms with Crippen LogP contribution in [0, 0.1) is 5.82 Å². The van der Waals surface area contributed by atoms with Gasteiger partial charge in [0.1, 0.15) is 5.82 Å². The van der Waals surface area contributed by atoms with Crippen LogP contribution in [-0.4, -0.2) is 6.29 Å². The molecule has 0 saturated carbocycles. The third-order valence-electron chi connectivity index (χ3n) is 3.45. The summed E-state index contributed by atoms with van der Waals surface area (Å²) in [5.74, 6) is -0.491. The van der Waals surface area contributed by atoms with E-state index in [2.05, 4.69) is 12.1 Å². The topological polar surface area (TPSA) is 17.1 Å². The lowest BCUT2D eigenvalue weighted by Gasteiger charge is -2.06. The van der Waals surface area contributed by atoms with Gasteiger partial charge in [0.25, 0.3) is 0 Å². The van der Waals surface area contributed by atoms with Crippen LogP contribution in [0.5, 0.6) is 0 Å². The summed E-state index contributed by atoms with van der Waals surface area (Å²) < 4.78 is 13.3. The van der Waals surface area contributed by atoms with Crippen molar-refractivity contribution in [1.29, 1.82) is 0 Å². The minimum atomic E-state index is -0.491. The van der Waals surface area contributed by atoms with E-state index in [-0.39, 0.29) is 5.56 Å². The Balaban J connectivity index is 1.96. The van der Waals surface area contributed by atoms with Gasteiger partial charge in [0.15, 0.2) is 6.29 Å². The Hall–Kier alpha value is -2.74. The van der Waals surface area contributed by atoms with E-state index >= 15 is 0 Å². The standard InChI is InChI=1S/C19H13FO/c20-19-11-10-17(12-18(19)13-21)16-8-6-15(7-9-16)14-4-2-1-3-5-14/h1-13H. The molecule has 0 N–H and O–H groups in total. The Labute approximate surface area is 122 Å². The van der Waals surface area contributed by atoms with Crippen LogP contribution in [-0.2, 0) is 0 Å². The first-order valence-electron chi connectivity index (χ1n) is 6.68. The summed E-state index contributed by atoms with van der Waals surface area (Å²) >= 11 is 0. The van der Waals surface area contributed by atoms with Gasteiger partial charge < -0.3 is 0 Å². The lowest BCUT2D eigenvalue weighted by Crippen LogP contribution is -1.88. The van der Waals surface area contributed by atoms with Gasteiger partial charge in [-0.3, -0.25) is 4.79 Å². The molecule has 0 spiro atoms. The summed E-state index contributed by atoms with van der Waals surface area (Å²) in [6.07, 6.45) is 0.539. The fourth-order valence-corrected chi connectivity index (χ4v) is 2.30. The molecule has 0 aliphatic heterocycles. The van der Waals surface area contributed by atoms with Gasteiger partial charge in [-0.15, -0.1) is 0 Å². The largest absolute Gasteiger partial charge is 0.298 e. The van der Waals surface area contributed by atoms with E-state index < -0.39 is 5.82 Å². The van der Waals surface area contributed by atoms with Crippen molar-refractivity contribution in [2.75, 3.05) is 0 Å². The van der Waals surface area contributed by atoms with Crippen LogP contribution in [0.1, 0.15) is 10.4 Å². The quantitative estimate of drug-likeness (QED) is 0.617. The summed E-state index contributed by atoms with van der Waals surface area (Å²) in [4.78, 5) is 10.8. The van der Waals surface area contributed by atoms with E-state index in [4.69, 9.17) is 0 Å². The summed E-state index contributed by atoms with van der Waals surface area (Å²) in [6, 6.07) is 22.7. The molecule has 1 nitrogen and oxygen atoms in total. The predicted molar refractivity (Wildman–Crippen MR) is 82.7 cm³/mol. The zero-order chi connectivity index (χ0) is 14.7. The molecule has 102 valence electrons. The second-order valence-corrected chi connectivity index (χ2v) is 4.80. The monoisotopic (exact) mass is 276 g/mol. The average molecular weight is 276 g/mol. The highest BCUT2D eigenvalue weighted by Crippen LogP contribution is 2.25. The van der Waals surface area contributed by atoms with Gasteiger partial charge in [-0.2, -0.15) is 0 Å². The summed E-state index contributed by atoms with van der Waals surface area (Å²) in [5, 5.41) is 0. The molecule has 3 aromatic rings. The Morgan fingerprint density at radius 1 is 0.667 bits per heavy atom. The van der Waals surface area contributed by atoms with Crippen LogP contribution >= 0.6 is 0 Å². The number of benzene rings is 3. The fraction of sp³-hybridized carbons (Fsp3) is 0. The second-order valence-electron chi connectivity index (χ2n) is 4.80. The lowest BCUT2D eigenvalue weighted by molar-refractivity contribution is 0.112. The van der Waals surface area contributed by atoms with Crippen molar-refractivity contribution in [3.63, 3.8) is 0 Å².